The van der Waals surface area contributed by atoms with Crippen molar-refractivity contribution in [1.82, 2.24) is 20.5 Å². The number of rotatable bonds is 10. The molecule has 1 aromatic heterocycles. The Morgan fingerprint density at radius 2 is 1.94 bits per heavy atom. The monoisotopic (exact) mass is 472 g/mol. The number of primary amides is 1. The zero-order valence-electron chi connectivity index (χ0n) is 18.5. The average molecular weight is 473 g/mol. The van der Waals surface area contributed by atoms with Crippen molar-refractivity contribution in [3.8, 4) is 0 Å². The number of H-pyrrole nitrogens is 1. The number of nitrogens with one attached hydrogen (secondary N) is 3. The predicted molar refractivity (Wildman–Crippen MR) is 121 cm³/mol. The van der Waals surface area contributed by atoms with Gasteiger partial charge in [-0.1, -0.05) is 18.2 Å². The Morgan fingerprint density at radius 1 is 1.21 bits per heavy atom. The zero-order chi connectivity index (χ0) is 24.8. The first-order valence-corrected chi connectivity index (χ1v) is 10.9. The first-order chi connectivity index (χ1) is 16.2. The molecule has 2 heterocycles. The Hall–Kier alpha value is -3.93. The molecular formula is C22H28N6O6. The van der Waals surface area contributed by atoms with Crippen molar-refractivity contribution >= 4 is 40.5 Å². The minimum atomic E-state index is -1.23. The van der Waals surface area contributed by atoms with E-state index in [1.165, 1.54) is 4.90 Å². The van der Waals surface area contributed by atoms with Gasteiger partial charge in [-0.05, 0) is 24.5 Å². The molecule has 0 spiro atoms. The average Bonchev–Trinajstić information content (AvgIpc) is 3.43. The molecule has 182 valence electrons. The third kappa shape index (κ3) is 5.90. The quantitative estimate of drug-likeness (QED) is 0.244. The molecule has 1 saturated heterocycles. The van der Waals surface area contributed by atoms with Crippen molar-refractivity contribution < 1.29 is 29.1 Å². The summed E-state index contributed by atoms with van der Waals surface area (Å²) >= 11 is 0. The van der Waals surface area contributed by atoms with Crippen molar-refractivity contribution in [3.05, 3.63) is 36.0 Å². The lowest BCUT2D eigenvalue weighted by Crippen LogP contribution is -2.56. The standard InChI is InChI=1S/C22H28N6O6/c23-14(9-18(24)29)20(32)27-16(8-12-10-25-15-5-2-1-4-13(12)15)22(34)28-7-3-6-17(28)21(33)26-11-19(30)31/h1-2,4-5,10,14,16-17,25H,3,6-9,11,23H2,(H2,24,29)(H,26,33)(H,27,32)(H,30,31). The minimum absolute atomic E-state index is 0.109. The van der Waals surface area contributed by atoms with Gasteiger partial charge in [0.15, 0.2) is 0 Å². The summed E-state index contributed by atoms with van der Waals surface area (Å²) in [5, 5.41) is 14.6. The van der Waals surface area contributed by atoms with E-state index in [0.29, 0.717) is 12.8 Å². The highest BCUT2D eigenvalue weighted by Crippen LogP contribution is 2.23. The number of carboxylic acid groups (broad SMARTS) is 1. The fraction of sp³-hybridized carbons (Fsp3) is 0.409. The number of hydrogen-bond donors (Lipinski definition) is 6. The van der Waals surface area contributed by atoms with Gasteiger partial charge >= 0.3 is 5.97 Å². The maximum atomic E-state index is 13.5. The van der Waals surface area contributed by atoms with E-state index in [1.54, 1.807) is 6.20 Å². The summed E-state index contributed by atoms with van der Waals surface area (Å²) in [6, 6.07) is 4.31. The molecule has 1 aromatic carbocycles. The molecule has 3 unspecified atom stereocenters. The van der Waals surface area contributed by atoms with E-state index >= 15 is 0 Å². The molecule has 1 fully saturated rings. The molecule has 0 radical (unpaired) electrons. The molecule has 3 rings (SSSR count). The van der Waals surface area contributed by atoms with Crippen LogP contribution in [-0.4, -0.2) is 75.8 Å². The van der Waals surface area contributed by atoms with E-state index in [-0.39, 0.29) is 19.4 Å². The molecule has 12 nitrogen and oxygen atoms in total. The van der Waals surface area contributed by atoms with Crippen LogP contribution in [-0.2, 0) is 30.4 Å². The van der Waals surface area contributed by atoms with Crippen LogP contribution in [0.25, 0.3) is 10.9 Å². The number of nitrogens with zero attached hydrogens (tertiary/aromatic N) is 1. The highest BCUT2D eigenvalue weighted by atomic mass is 16.4. The largest absolute Gasteiger partial charge is 0.480 e. The molecule has 12 heteroatoms. The van der Waals surface area contributed by atoms with Gasteiger partial charge in [-0.2, -0.15) is 0 Å². The second-order valence-electron chi connectivity index (χ2n) is 8.20. The third-order valence-electron chi connectivity index (χ3n) is 5.72. The van der Waals surface area contributed by atoms with Crippen LogP contribution in [0.4, 0.5) is 0 Å². The van der Waals surface area contributed by atoms with Crippen LogP contribution in [0.2, 0.25) is 0 Å². The van der Waals surface area contributed by atoms with Gasteiger partial charge in [0.05, 0.1) is 12.5 Å². The number of benzene rings is 1. The number of carboxylic acids is 1. The second kappa shape index (κ2) is 10.8. The number of aliphatic carboxylic acids is 1. The molecular weight excluding hydrogens is 444 g/mol. The van der Waals surface area contributed by atoms with Crippen LogP contribution in [0, 0.1) is 0 Å². The number of aromatic amines is 1. The molecule has 1 aliphatic heterocycles. The van der Waals surface area contributed by atoms with Crippen LogP contribution in [0.15, 0.2) is 30.5 Å². The Morgan fingerprint density at radius 3 is 2.65 bits per heavy atom. The van der Waals surface area contributed by atoms with Crippen molar-refractivity contribution in [2.45, 2.75) is 43.8 Å². The fourth-order valence-corrected chi connectivity index (χ4v) is 4.09. The molecule has 1 aliphatic rings. The second-order valence-corrected chi connectivity index (χ2v) is 8.20. The lowest BCUT2D eigenvalue weighted by Gasteiger charge is -2.29. The number of likely N-dealkylation sites (tertiary alicyclic amines) is 1. The third-order valence-corrected chi connectivity index (χ3v) is 5.72. The van der Waals surface area contributed by atoms with E-state index in [1.807, 2.05) is 24.3 Å². The molecule has 0 saturated carbocycles. The van der Waals surface area contributed by atoms with Crippen molar-refractivity contribution in [2.75, 3.05) is 13.1 Å². The minimum Gasteiger partial charge on any atom is -0.480 e. The summed E-state index contributed by atoms with van der Waals surface area (Å²) in [6.45, 7) is -0.285. The van der Waals surface area contributed by atoms with Crippen LogP contribution in [0.1, 0.15) is 24.8 Å². The number of nitrogens with two attached hydrogens (primary N) is 2. The summed E-state index contributed by atoms with van der Waals surface area (Å²) in [4.78, 5) is 65.1. The molecule has 34 heavy (non-hydrogen) atoms. The lowest BCUT2D eigenvalue weighted by molar-refractivity contribution is -0.142. The number of hydrogen-bond acceptors (Lipinski definition) is 6. The summed E-state index contributed by atoms with van der Waals surface area (Å²) in [5.41, 5.74) is 12.5. The molecule has 0 aliphatic carbocycles. The molecule has 0 bridgehead atoms. The van der Waals surface area contributed by atoms with Crippen LogP contribution in [0.3, 0.4) is 0 Å². The Labute approximate surface area is 195 Å². The first-order valence-electron chi connectivity index (χ1n) is 10.9. The van der Waals surface area contributed by atoms with Gasteiger partial charge in [0.2, 0.25) is 23.6 Å². The normalized spacial score (nSPS) is 17.2. The Bertz CT molecular complexity index is 1100. The topological polar surface area (TPSA) is 201 Å². The number of carbonyl (C=O) groups excluding carboxylic acids is 4. The summed E-state index contributed by atoms with van der Waals surface area (Å²) in [6.07, 6.45) is 2.38. The van der Waals surface area contributed by atoms with Crippen molar-refractivity contribution in [1.29, 1.82) is 0 Å². The van der Waals surface area contributed by atoms with Gasteiger partial charge in [-0.15, -0.1) is 0 Å². The molecule has 2 aromatic rings. The highest BCUT2D eigenvalue weighted by molar-refractivity contribution is 5.95. The fourth-order valence-electron chi connectivity index (χ4n) is 4.09. The van der Waals surface area contributed by atoms with Crippen LogP contribution in [0.5, 0.6) is 0 Å². The number of aromatic nitrogens is 1. The number of para-hydroxylation sites is 1. The van der Waals surface area contributed by atoms with Crippen molar-refractivity contribution in [3.63, 3.8) is 0 Å². The van der Waals surface area contributed by atoms with Gasteiger partial charge < -0.3 is 37.1 Å². The number of carbonyl (C=O) groups is 5. The van der Waals surface area contributed by atoms with Crippen LogP contribution >= 0.6 is 0 Å². The number of fused-ring (bicyclic) bond motifs is 1. The zero-order valence-corrected chi connectivity index (χ0v) is 18.5. The maximum Gasteiger partial charge on any atom is 0.322 e. The predicted octanol–water partition coefficient (Wildman–Crippen LogP) is -1.41. The smallest absolute Gasteiger partial charge is 0.322 e. The SMILES string of the molecule is NC(=O)CC(N)C(=O)NC(Cc1c[nH]c2ccccc12)C(=O)N1CCCC1C(=O)NCC(=O)O. The molecule has 3 atom stereocenters. The van der Waals surface area contributed by atoms with E-state index in [0.717, 1.165) is 16.5 Å². The summed E-state index contributed by atoms with van der Waals surface area (Å²) < 4.78 is 0. The van der Waals surface area contributed by atoms with E-state index in [2.05, 4.69) is 15.6 Å². The van der Waals surface area contributed by atoms with Crippen molar-refractivity contribution in [2.24, 2.45) is 11.5 Å². The number of amides is 4. The Balaban J connectivity index is 1.83. The Kier molecular flexibility index (Phi) is 7.84. The highest BCUT2D eigenvalue weighted by Gasteiger charge is 2.38. The van der Waals surface area contributed by atoms with Gasteiger partial charge in [0.25, 0.3) is 0 Å². The van der Waals surface area contributed by atoms with Gasteiger partial charge in [0.1, 0.15) is 18.6 Å². The molecule has 8 N–H and O–H groups in total. The summed E-state index contributed by atoms with van der Waals surface area (Å²) in [5.74, 6) is -3.74. The van der Waals surface area contributed by atoms with Gasteiger partial charge in [0, 0.05) is 30.1 Å². The van der Waals surface area contributed by atoms with E-state index in [9.17, 15) is 24.0 Å². The first kappa shape index (κ1) is 24.7. The van der Waals surface area contributed by atoms with Gasteiger partial charge in [-0.25, -0.2) is 0 Å². The van der Waals surface area contributed by atoms with E-state index in [4.69, 9.17) is 16.6 Å². The maximum absolute atomic E-state index is 13.5. The summed E-state index contributed by atoms with van der Waals surface area (Å²) in [7, 11) is 0. The van der Waals surface area contributed by atoms with Gasteiger partial charge in [-0.3, -0.25) is 24.0 Å². The van der Waals surface area contributed by atoms with E-state index < -0.39 is 54.3 Å². The van der Waals surface area contributed by atoms with Crippen LogP contribution < -0.4 is 22.1 Å². The molecule has 4 amide bonds. The lowest BCUT2D eigenvalue weighted by atomic mass is 10.0.